The topological polar surface area (TPSA) is 58.6 Å². The van der Waals surface area contributed by atoms with Gasteiger partial charge in [0.05, 0.1) is 0 Å². The summed E-state index contributed by atoms with van der Waals surface area (Å²) in [6, 6.07) is 30.6. The molecule has 6 heteroatoms. The van der Waals surface area contributed by atoms with Crippen molar-refractivity contribution in [2.24, 2.45) is 0 Å². The van der Waals surface area contributed by atoms with Crippen molar-refractivity contribution in [1.82, 2.24) is 10.2 Å². The standard InChI is InChI=1S/C32H33BrN2O3/c1-3-23(2)34-32(37)29(20-24-10-5-4-6-11-24)35(21-25-16-18-27(33)19-17-25)31(36)22-38-30-15-9-13-26-12-7-8-14-28(26)30/h4-19,23,29H,3,20-22H2,1-2H3,(H,34,37). The van der Waals surface area contributed by atoms with Crippen LogP contribution < -0.4 is 10.1 Å². The first-order chi connectivity index (χ1) is 18.4. The van der Waals surface area contributed by atoms with E-state index >= 15 is 0 Å². The largest absolute Gasteiger partial charge is 0.483 e. The van der Waals surface area contributed by atoms with E-state index in [4.69, 9.17) is 4.74 Å². The van der Waals surface area contributed by atoms with E-state index in [0.29, 0.717) is 12.2 Å². The first kappa shape index (κ1) is 27.4. The van der Waals surface area contributed by atoms with E-state index in [0.717, 1.165) is 32.8 Å². The maximum absolute atomic E-state index is 13.8. The number of hydrogen-bond donors (Lipinski definition) is 1. The number of rotatable bonds is 11. The van der Waals surface area contributed by atoms with E-state index in [-0.39, 0.29) is 31.0 Å². The molecule has 1 N–H and O–H groups in total. The van der Waals surface area contributed by atoms with E-state index in [1.54, 1.807) is 4.90 Å². The number of fused-ring (bicyclic) bond motifs is 1. The summed E-state index contributed by atoms with van der Waals surface area (Å²) >= 11 is 3.48. The molecule has 0 saturated heterocycles. The second-order valence-electron chi connectivity index (χ2n) is 9.44. The molecule has 0 aliphatic heterocycles. The zero-order chi connectivity index (χ0) is 26.9. The van der Waals surface area contributed by atoms with Gasteiger partial charge < -0.3 is 15.0 Å². The Morgan fingerprint density at radius 1 is 0.868 bits per heavy atom. The maximum Gasteiger partial charge on any atom is 0.261 e. The molecule has 38 heavy (non-hydrogen) atoms. The molecule has 0 fully saturated rings. The molecule has 2 atom stereocenters. The van der Waals surface area contributed by atoms with E-state index in [1.165, 1.54) is 0 Å². The first-order valence-corrected chi connectivity index (χ1v) is 13.7. The molecule has 4 rings (SSSR count). The van der Waals surface area contributed by atoms with Crippen LogP contribution in [0.15, 0.2) is 102 Å². The minimum absolute atomic E-state index is 0.00246. The zero-order valence-corrected chi connectivity index (χ0v) is 23.4. The van der Waals surface area contributed by atoms with Crippen LogP contribution in [0, 0.1) is 0 Å². The number of benzene rings is 4. The number of carbonyl (C=O) groups is 2. The maximum atomic E-state index is 13.8. The summed E-state index contributed by atoms with van der Waals surface area (Å²) in [7, 11) is 0. The van der Waals surface area contributed by atoms with Crippen molar-refractivity contribution in [3.63, 3.8) is 0 Å². The summed E-state index contributed by atoms with van der Waals surface area (Å²) in [5.41, 5.74) is 1.92. The average Bonchev–Trinajstić information content (AvgIpc) is 2.95. The van der Waals surface area contributed by atoms with E-state index in [2.05, 4.69) is 21.2 Å². The van der Waals surface area contributed by atoms with Crippen molar-refractivity contribution in [1.29, 1.82) is 0 Å². The monoisotopic (exact) mass is 572 g/mol. The summed E-state index contributed by atoms with van der Waals surface area (Å²) in [4.78, 5) is 29.1. The molecule has 0 radical (unpaired) electrons. The zero-order valence-electron chi connectivity index (χ0n) is 21.8. The van der Waals surface area contributed by atoms with E-state index < -0.39 is 6.04 Å². The molecule has 0 aromatic heterocycles. The van der Waals surface area contributed by atoms with Crippen LogP contribution in [-0.2, 0) is 22.6 Å². The number of hydrogen-bond acceptors (Lipinski definition) is 3. The fourth-order valence-electron chi connectivity index (χ4n) is 4.33. The van der Waals surface area contributed by atoms with Crippen molar-refractivity contribution in [2.75, 3.05) is 6.61 Å². The normalized spacial score (nSPS) is 12.5. The van der Waals surface area contributed by atoms with Gasteiger partial charge in [0.1, 0.15) is 11.8 Å². The summed E-state index contributed by atoms with van der Waals surface area (Å²) in [6.45, 7) is 4.12. The fraction of sp³-hybridized carbons (Fsp3) is 0.250. The predicted octanol–water partition coefficient (Wildman–Crippen LogP) is 6.54. The van der Waals surface area contributed by atoms with Gasteiger partial charge in [-0.25, -0.2) is 0 Å². The van der Waals surface area contributed by atoms with Crippen LogP contribution in [0.4, 0.5) is 0 Å². The third-order valence-electron chi connectivity index (χ3n) is 6.64. The summed E-state index contributed by atoms with van der Waals surface area (Å²) in [5, 5.41) is 5.08. The van der Waals surface area contributed by atoms with Crippen LogP contribution in [0.5, 0.6) is 5.75 Å². The Balaban J connectivity index is 1.64. The van der Waals surface area contributed by atoms with Crippen LogP contribution >= 0.6 is 15.9 Å². The predicted molar refractivity (Wildman–Crippen MR) is 156 cm³/mol. The van der Waals surface area contributed by atoms with Crippen molar-refractivity contribution < 1.29 is 14.3 Å². The second kappa shape index (κ2) is 13.2. The first-order valence-electron chi connectivity index (χ1n) is 12.9. The van der Waals surface area contributed by atoms with Crippen LogP contribution in [0.2, 0.25) is 0 Å². The van der Waals surface area contributed by atoms with Gasteiger partial charge in [0.2, 0.25) is 5.91 Å². The highest BCUT2D eigenvalue weighted by atomic mass is 79.9. The van der Waals surface area contributed by atoms with Crippen molar-refractivity contribution in [2.45, 2.75) is 45.3 Å². The van der Waals surface area contributed by atoms with E-state index in [9.17, 15) is 9.59 Å². The lowest BCUT2D eigenvalue weighted by Crippen LogP contribution is -2.53. The van der Waals surface area contributed by atoms with Crippen LogP contribution in [0.1, 0.15) is 31.4 Å². The van der Waals surface area contributed by atoms with Gasteiger partial charge in [-0.05, 0) is 48.1 Å². The molecular formula is C32H33BrN2O3. The van der Waals surface area contributed by atoms with Gasteiger partial charge in [-0.2, -0.15) is 0 Å². The highest BCUT2D eigenvalue weighted by molar-refractivity contribution is 9.10. The molecule has 2 unspecified atom stereocenters. The number of ether oxygens (including phenoxy) is 1. The summed E-state index contributed by atoms with van der Waals surface area (Å²) < 4.78 is 7.02. The van der Waals surface area contributed by atoms with Gasteiger partial charge in [0.25, 0.3) is 5.91 Å². The highest BCUT2D eigenvalue weighted by Crippen LogP contribution is 2.25. The molecule has 0 bridgehead atoms. The Morgan fingerprint density at radius 3 is 2.29 bits per heavy atom. The number of carbonyl (C=O) groups excluding carboxylic acids is 2. The smallest absolute Gasteiger partial charge is 0.261 e. The Bertz CT molecular complexity index is 1350. The molecule has 0 spiro atoms. The molecule has 0 saturated carbocycles. The molecule has 0 aliphatic carbocycles. The molecule has 196 valence electrons. The van der Waals surface area contributed by atoms with Crippen LogP contribution in [0.25, 0.3) is 10.8 Å². The van der Waals surface area contributed by atoms with E-state index in [1.807, 2.05) is 111 Å². The van der Waals surface area contributed by atoms with Crippen molar-refractivity contribution in [3.05, 3.63) is 113 Å². The molecular weight excluding hydrogens is 540 g/mol. The Hall–Kier alpha value is -3.64. The minimum Gasteiger partial charge on any atom is -0.483 e. The Labute approximate surface area is 232 Å². The molecule has 0 aliphatic rings. The lowest BCUT2D eigenvalue weighted by molar-refractivity contribution is -0.143. The molecule has 4 aromatic rings. The Kier molecular flexibility index (Phi) is 9.55. The number of amides is 2. The minimum atomic E-state index is -0.696. The number of nitrogens with zero attached hydrogens (tertiary/aromatic N) is 1. The Morgan fingerprint density at radius 2 is 1.55 bits per heavy atom. The number of halogens is 1. The summed E-state index contributed by atoms with van der Waals surface area (Å²) in [5.74, 6) is 0.226. The second-order valence-corrected chi connectivity index (χ2v) is 10.4. The lowest BCUT2D eigenvalue weighted by Gasteiger charge is -2.32. The third-order valence-corrected chi connectivity index (χ3v) is 7.17. The van der Waals surface area contributed by atoms with Crippen molar-refractivity contribution >= 4 is 38.5 Å². The van der Waals surface area contributed by atoms with Gasteiger partial charge in [-0.15, -0.1) is 0 Å². The molecule has 2 amide bonds. The lowest BCUT2D eigenvalue weighted by atomic mass is 10.0. The molecule has 5 nitrogen and oxygen atoms in total. The van der Waals surface area contributed by atoms with Crippen molar-refractivity contribution in [3.8, 4) is 5.75 Å². The van der Waals surface area contributed by atoms with Gasteiger partial charge >= 0.3 is 0 Å². The van der Waals surface area contributed by atoms with Crippen LogP contribution in [0.3, 0.4) is 0 Å². The third kappa shape index (κ3) is 7.23. The highest BCUT2D eigenvalue weighted by Gasteiger charge is 2.31. The van der Waals surface area contributed by atoms with Gasteiger partial charge in [0.15, 0.2) is 6.61 Å². The molecule has 0 heterocycles. The fourth-order valence-corrected chi connectivity index (χ4v) is 4.59. The SMILES string of the molecule is CCC(C)NC(=O)C(Cc1ccccc1)N(Cc1ccc(Br)cc1)C(=O)COc1cccc2ccccc12. The number of nitrogens with one attached hydrogen (secondary N) is 1. The van der Waals surface area contributed by atoms with Gasteiger partial charge in [-0.3, -0.25) is 9.59 Å². The summed E-state index contributed by atoms with van der Waals surface area (Å²) in [6.07, 6.45) is 1.20. The van der Waals surface area contributed by atoms with Crippen LogP contribution in [-0.4, -0.2) is 35.4 Å². The quantitative estimate of drug-likeness (QED) is 0.222. The van der Waals surface area contributed by atoms with Gasteiger partial charge in [0, 0.05) is 28.9 Å². The average molecular weight is 574 g/mol. The molecule has 4 aromatic carbocycles. The van der Waals surface area contributed by atoms with Gasteiger partial charge in [-0.1, -0.05) is 102 Å².